The molecule has 0 unspecified atom stereocenters. The summed E-state index contributed by atoms with van der Waals surface area (Å²) < 4.78 is 39.2. The van der Waals surface area contributed by atoms with Gasteiger partial charge in [-0.05, 0) is 12.1 Å². The first kappa shape index (κ1) is 11.6. The highest BCUT2D eigenvalue weighted by molar-refractivity contribution is 6.32. The van der Waals surface area contributed by atoms with Crippen LogP contribution >= 0.6 is 11.6 Å². The highest BCUT2D eigenvalue weighted by atomic mass is 35.5. The average Bonchev–Trinajstić information content (AvgIpc) is 2.07. The molecular formula is C8H5ClF3NO2. The monoisotopic (exact) mass is 239 g/mol. The number of aldehydes is 1. The van der Waals surface area contributed by atoms with Crippen molar-refractivity contribution in [3.8, 4) is 5.75 Å². The molecule has 0 saturated heterocycles. The minimum atomic E-state index is -4.86. The maximum absolute atomic E-state index is 11.9. The Labute approximate surface area is 87.6 Å². The Morgan fingerprint density at radius 3 is 2.47 bits per heavy atom. The summed E-state index contributed by atoms with van der Waals surface area (Å²) in [7, 11) is 0. The van der Waals surface area contributed by atoms with Gasteiger partial charge in [-0.25, -0.2) is 0 Å². The number of halogens is 4. The number of nitrogens with two attached hydrogens (primary N) is 1. The Morgan fingerprint density at radius 1 is 1.40 bits per heavy atom. The molecule has 2 N–H and O–H groups in total. The molecule has 0 aliphatic heterocycles. The molecule has 1 aromatic rings. The van der Waals surface area contributed by atoms with Gasteiger partial charge in [0.15, 0.2) is 6.29 Å². The molecule has 82 valence electrons. The van der Waals surface area contributed by atoms with Gasteiger partial charge in [-0.15, -0.1) is 13.2 Å². The summed E-state index contributed by atoms with van der Waals surface area (Å²) in [5.41, 5.74) is 5.19. The predicted molar refractivity (Wildman–Crippen MR) is 47.9 cm³/mol. The lowest BCUT2D eigenvalue weighted by molar-refractivity contribution is -0.274. The summed E-state index contributed by atoms with van der Waals surface area (Å²) >= 11 is 5.44. The molecule has 0 spiro atoms. The lowest BCUT2D eigenvalue weighted by atomic mass is 10.2. The number of alkyl halides is 3. The van der Waals surface area contributed by atoms with Crippen LogP contribution in [0, 0.1) is 0 Å². The molecule has 0 amide bonds. The molecule has 0 aliphatic carbocycles. The van der Waals surface area contributed by atoms with Crippen molar-refractivity contribution in [1.82, 2.24) is 0 Å². The van der Waals surface area contributed by atoms with Gasteiger partial charge in [-0.1, -0.05) is 11.6 Å². The van der Waals surface area contributed by atoms with Crippen LogP contribution in [0.4, 0.5) is 18.9 Å². The molecule has 0 atom stereocenters. The van der Waals surface area contributed by atoms with Gasteiger partial charge in [-0.3, -0.25) is 4.79 Å². The van der Waals surface area contributed by atoms with E-state index >= 15 is 0 Å². The van der Waals surface area contributed by atoms with E-state index in [0.29, 0.717) is 6.29 Å². The van der Waals surface area contributed by atoms with E-state index < -0.39 is 12.1 Å². The maximum Gasteiger partial charge on any atom is 0.573 e. The van der Waals surface area contributed by atoms with Crippen molar-refractivity contribution in [2.75, 3.05) is 5.73 Å². The zero-order valence-electron chi connectivity index (χ0n) is 7.14. The van der Waals surface area contributed by atoms with Gasteiger partial charge < -0.3 is 10.5 Å². The summed E-state index contributed by atoms with van der Waals surface area (Å²) in [4.78, 5) is 10.4. The van der Waals surface area contributed by atoms with E-state index in [1.165, 1.54) is 0 Å². The number of carbonyl (C=O) groups excluding carboxylic acids is 1. The number of carbonyl (C=O) groups is 1. The number of hydrogen-bond donors (Lipinski definition) is 1. The SMILES string of the molecule is Nc1cc(Cl)c(OC(F)(F)F)cc1C=O. The molecule has 1 aromatic carbocycles. The third-order valence-electron chi connectivity index (χ3n) is 1.49. The summed E-state index contributed by atoms with van der Waals surface area (Å²) in [6.07, 6.45) is -4.55. The molecular weight excluding hydrogens is 235 g/mol. The zero-order chi connectivity index (χ0) is 11.6. The van der Waals surface area contributed by atoms with Crippen LogP contribution in [0.1, 0.15) is 10.4 Å². The van der Waals surface area contributed by atoms with Gasteiger partial charge in [0.1, 0.15) is 5.75 Å². The summed E-state index contributed by atoms with van der Waals surface area (Å²) in [6, 6.07) is 1.85. The first-order chi connectivity index (χ1) is 6.83. The Balaban J connectivity index is 3.13. The Morgan fingerprint density at radius 2 is 2.00 bits per heavy atom. The van der Waals surface area contributed by atoms with Crippen LogP contribution in [0.15, 0.2) is 12.1 Å². The Hall–Kier alpha value is -1.43. The topological polar surface area (TPSA) is 52.3 Å². The normalized spacial score (nSPS) is 11.2. The third kappa shape index (κ3) is 3.02. The largest absolute Gasteiger partial charge is 0.573 e. The van der Waals surface area contributed by atoms with Crippen LogP contribution < -0.4 is 10.5 Å². The standard InChI is InChI=1S/C8H5ClF3NO2/c9-5-2-6(13)4(3-14)1-7(5)15-8(10,11)12/h1-3H,13H2. The molecule has 0 bridgehead atoms. The molecule has 7 heteroatoms. The van der Waals surface area contributed by atoms with Crippen LogP contribution in [-0.2, 0) is 0 Å². The van der Waals surface area contributed by atoms with Gasteiger partial charge >= 0.3 is 6.36 Å². The number of rotatable bonds is 2. The summed E-state index contributed by atoms with van der Waals surface area (Å²) in [5, 5.41) is -0.310. The summed E-state index contributed by atoms with van der Waals surface area (Å²) in [6.45, 7) is 0. The van der Waals surface area contributed by atoms with E-state index in [9.17, 15) is 18.0 Å². The number of ether oxygens (including phenoxy) is 1. The minimum Gasteiger partial charge on any atom is -0.404 e. The van der Waals surface area contributed by atoms with Crippen LogP contribution in [0.2, 0.25) is 5.02 Å². The smallest absolute Gasteiger partial charge is 0.404 e. The predicted octanol–water partition coefficient (Wildman–Crippen LogP) is 2.63. The van der Waals surface area contributed by atoms with Crippen LogP contribution in [0.3, 0.4) is 0 Å². The van der Waals surface area contributed by atoms with E-state index in [1.807, 2.05) is 0 Å². The van der Waals surface area contributed by atoms with Gasteiger partial charge in [0.25, 0.3) is 0 Å². The van der Waals surface area contributed by atoms with Crippen molar-refractivity contribution >= 4 is 23.6 Å². The maximum atomic E-state index is 11.9. The highest BCUT2D eigenvalue weighted by Gasteiger charge is 2.32. The summed E-state index contributed by atoms with van der Waals surface area (Å²) in [5.74, 6) is -0.652. The highest BCUT2D eigenvalue weighted by Crippen LogP contribution is 2.33. The van der Waals surface area contributed by atoms with E-state index in [4.69, 9.17) is 17.3 Å². The quantitative estimate of drug-likeness (QED) is 0.638. The van der Waals surface area contributed by atoms with E-state index in [2.05, 4.69) is 4.74 Å². The number of benzene rings is 1. The average molecular weight is 240 g/mol. The fraction of sp³-hybridized carbons (Fsp3) is 0.125. The van der Waals surface area contributed by atoms with Gasteiger partial charge in [0.05, 0.1) is 5.02 Å². The molecule has 0 aromatic heterocycles. The van der Waals surface area contributed by atoms with Crippen LogP contribution in [0.5, 0.6) is 5.75 Å². The molecule has 0 fully saturated rings. The number of anilines is 1. The van der Waals surface area contributed by atoms with E-state index in [-0.39, 0.29) is 16.3 Å². The zero-order valence-corrected chi connectivity index (χ0v) is 7.89. The molecule has 15 heavy (non-hydrogen) atoms. The second-order valence-corrected chi connectivity index (χ2v) is 2.98. The molecule has 3 nitrogen and oxygen atoms in total. The molecule has 0 heterocycles. The van der Waals surface area contributed by atoms with Crippen molar-refractivity contribution in [3.05, 3.63) is 22.7 Å². The van der Waals surface area contributed by atoms with Crippen molar-refractivity contribution in [3.63, 3.8) is 0 Å². The van der Waals surface area contributed by atoms with Gasteiger partial charge in [0.2, 0.25) is 0 Å². The van der Waals surface area contributed by atoms with Crippen molar-refractivity contribution in [2.45, 2.75) is 6.36 Å². The van der Waals surface area contributed by atoms with Gasteiger partial charge in [0, 0.05) is 11.3 Å². The fourth-order valence-electron chi connectivity index (χ4n) is 0.889. The van der Waals surface area contributed by atoms with Crippen molar-refractivity contribution < 1.29 is 22.7 Å². The second-order valence-electron chi connectivity index (χ2n) is 2.58. The van der Waals surface area contributed by atoms with Crippen molar-refractivity contribution in [2.24, 2.45) is 0 Å². The molecule has 0 radical (unpaired) electrons. The molecule has 0 saturated carbocycles. The second kappa shape index (κ2) is 3.98. The Kier molecular flexibility index (Phi) is 3.09. The van der Waals surface area contributed by atoms with E-state index in [1.54, 1.807) is 0 Å². The van der Waals surface area contributed by atoms with Crippen molar-refractivity contribution in [1.29, 1.82) is 0 Å². The molecule has 1 rings (SSSR count). The fourth-order valence-corrected chi connectivity index (χ4v) is 1.10. The number of hydrogen-bond acceptors (Lipinski definition) is 3. The lowest BCUT2D eigenvalue weighted by Gasteiger charge is -2.11. The van der Waals surface area contributed by atoms with Crippen LogP contribution in [-0.4, -0.2) is 12.6 Å². The first-order valence-electron chi connectivity index (χ1n) is 3.63. The van der Waals surface area contributed by atoms with E-state index in [0.717, 1.165) is 12.1 Å². The van der Waals surface area contributed by atoms with Gasteiger partial charge in [-0.2, -0.15) is 0 Å². The minimum absolute atomic E-state index is 0.00970. The third-order valence-corrected chi connectivity index (χ3v) is 1.79. The Bertz CT molecular complexity index is 392. The number of nitrogen functional groups attached to an aromatic ring is 1. The lowest BCUT2D eigenvalue weighted by Crippen LogP contribution is -2.17. The van der Waals surface area contributed by atoms with Crippen LogP contribution in [0.25, 0.3) is 0 Å². The molecule has 0 aliphatic rings. The first-order valence-corrected chi connectivity index (χ1v) is 4.01.